The van der Waals surface area contributed by atoms with Gasteiger partial charge in [-0.1, -0.05) is 36.4 Å². The number of hydrogen-bond donors (Lipinski definition) is 1. The number of nitrogens with one attached hydrogen (secondary N) is 1. The first-order chi connectivity index (χ1) is 24.8. The maximum absolute atomic E-state index is 14.5. The van der Waals surface area contributed by atoms with Crippen molar-refractivity contribution in [2.75, 3.05) is 26.2 Å². The van der Waals surface area contributed by atoms with Crippen LogP contribution < -0.4 is 16.6 Å². The van der Waals surface area contributed by atoms with Crippen molar-refractivity contribution in [1.82, 2.24) is 33.7 Å². The lowest BCUT2D eigenvalue weighted by atomic mass is 9.82. The quantitative estimate of drug-likeness (QED) is 0.209. The second-order valence-electron chi connectivity index (χ2n) is 13.6. The standard InChI is InChI=1S/C39H37F2N7O3/c40-29-10-13-36-44-34(24-46(36)23-29)35(49)18-25-6-11-31(12-7-25)48-38(50)33-20-30(41)21-43-37(33)47(39(48)51)32-3-1-2-28(19-32)27-8-4-26(5-9-27)22-45-16-14-42-15-17-45/h1-5,8-10,13,19-21,23-25,31,42H,6-7,11-12,14-18,22H2. The third-order valence-corrected chi connectivity index (χ3v) is 10.3. The summed E-state index contributed by atoms with van der Waals surface area (Å²) in [4.78, 5) is 52.3. The van der Waals surface area contributed by atoms with Crippen molar-refractivity contribution in [3.05, 3.63) is 129 Å². The Hall–Kier alpha value is -5.33. The molecular weight excluding hydrogens is 652 g/mol. The number of carbonyl (C=O) groups excluding carboxylic acids is 1. The van der Waals surface area contributed by atoms with Crippen molar-refractivity contribution in [1.29, 1.82) is 0 Å². The van der Waals surface area contributed by atoms with Gasteiger partial charge in [-0.2, -0.15) is 0 Å². The van der Waals surface area contributed by atoms with E-state index in [1.165, 1.54) is 43.6 Å². The second kappa shape index (κ2) is 13.8. The molecular formula is C39H37F2N7O3. The molecule has 2 aliphatic rings. The molecule has 0 bridgehead atoms. The van der Waals surface area contributed by atoms with E-state index in [1.807, 2.05) is 18.2 Å². The van der Waals surface area contributed by atoms with Gasteiger partial charge in [-0.05, 0) is 78.6 Å². The summed E-state index contributed by atoms with van der Waals surface area (Å²) in [7, 11) is 0. The molecule has 4 aromatic heterocycles. The highest BCUT2D eigenvalue weighted by Crippen LogP contribution is 2.34. The minimum Gasteiger partial charge on any atom is -0.314 e. The molecule has 0 atom stereocenters. The van der Waals surface area contributed by atoms with Crippen molar-refractivity contribution in [3.8, 4) is 16.8 Å². The number of imidazole rings is 1. The first kappa shape index (κ1) is 32.9. The molecule has 0 radical (unpaired) electrons. The number of carbonyl (C=O) groups is 1. The van der Waals surface area contributed by atoms with Gasteiger partial charge in [0.2, 0.25) is 0 Å². The average molecular weight is 690 g/mol. The maximum atomic E-state index is 14.5. The lowest BCUT2D eigenvalue weighted by Crippen LogP contribution is -2.43. The fourth-order valence-corrected chi connectivity index (χ4v) is 7.56. The zero-order valence-electron chi connectivity index (χ0n) is 28.0. The number of fused-ring (bicyclic) bond motifs is 2. The summed E-state index contributed by atoms with van der Waals surface area (Å²) in [6.45, 7) is 4.90. The first-order valence-electron chi connectivity index (χ1n) is 17.4. The van der Waals surface area contributed by atoms with Crippen LogP contribution in [0.15, 0.2) is 94.9 Å². The van der Waals surface area contributed by atoms with Gasteiger partial charge < -0.3 is 9.72 Å². The zero-order chi connectivity index (χ0) is 35.1. The van der Waals surface area contributed by atoms with Gasteiger partial charge in [-0.3, -0.25) is 19.1 Å². The largest absolute Gasteiger partial charge is 0.337 e. The lowest BCUT2D eigenvalue weighted by Gasteiger charge is -2.29. The summed E-state index contributed by atoms with van der Waals surface area (Å²) < 4.78 is 32.3. The second-order valence-corrected chi connectivity index (χ2v) is 13.6. The summed E-state index contributed by atoms with van der Waals surface area (Å²) in [5, 5.41) is 3.41. The van der Waals surface area contributed by atoms with Crippen LogP contribution in [-0.4, -0.2) is 60.4 Å². The van der Waals surface area contributed by atoms with E-state index in [2.05, 4.69) is 44.5 Å². The summed E-state index contributed by atoms with van der Waals surface area (Å²) in [5.74, 6) is -1.18. The Balaban J connectivity index is 1.05. The van der Waals surface area contributed by atoms with Crippen LogP contribution in [0.4, 0.5) is 8.78 Å². The number of hydrogen-bond acceptors (Lipinski definition) is 7. The van der Waals surface area contributed by atoms with Crippen molar-refractivity contribution < 1.29 is 13.6 Å². The summed E-state index contributed by atoms with van der Waals surface area (Å²) in [6, 6.07) is 19.4. The lowest BCUT2D eigenvalue weighted by molar-refractivity contribution is 0.0938. The fourth-order valence-electron chi connectivity index (χ4n) is 7.56. The molecule has 6 aromatic rings. The third kappa shape index (κ3) is 6.64. The molecule has 1 aliphatic heterocycles. The first-order valence-corrected chi connectivity index (χ1v) is 17.4. The smallest absolute Gasteiger partial charge is 0.314 e. The van der Waals surface area contributed by atoms with Crippen LogP contribution in [0.2, 0.25) is 0 Å². The van der Waals surface area contributed by atoms with E-state index in [9.17, 15) is 23.2 Å². The molecule has 10 nitrogen and oxygen atoms in total. The number of aromatic nitrogens is 5. The number of pyridine rings is 2. The minimum atomic E-state index is -0.664. The number of nitrogens with zero attached hydrogens (tertiary/aromatic N) is 6. The molecule has 0 amide bonds. The fraction of sp³-hybridized carbons (Fsp3) is 0.308. The highest BCUT2D eigenvalue weighted by molar-refractivity contribution is 5.95. The molecule has 5 heterocycles. The zero-order valence-corrected chi connectivity index (χ0v) is 28.0. The number of ketones is 1. The number of benzene rings is 2. The summed E-state index contributed by atoms with van der Waals surface area (Å²) in [5.41, 5.74) is 3.37. The van der Waals surface area contributed by atoms with E-state index in [0.717, 1.165) is 56.1 Å². The summed E-state index contributed by atoms with van der Waals surface area (Å²) >= 11 is 0. The van der Waals surface area contributed by atoms with Crippen molar-refractivity contribution in [3.63, 3.8) is 0 Å². The Morgan fingerprint density at radius 3 is 2.43 bits per heavy atom. The third-order valence-electron chi connectivity index (χ3n) is 10.3. The SMILES string of the molecule is O=C(CC1CCC(n2c(=O)c3cc(F)cnc3n(-c3cccc(-c4ccc(CN5CCNCC5)cc4)c3)c2=O)CC1)c1cn2cc(F)ccc2n1. The molecule has 2 aromatic carbocycles. The van der Waals surface area contributed by atoms with E-state index in [-0.39, 0.29) is 34.8 Å². The van der Waals surface area contributed by atoms with E-state index in [0.29, 0.717) is 37.0 Å². The van der Waals surface area contributed by atoms with E-state index < -0.39 is 28.9 Å². The Kier molecular flexibility index (Phi) is 8.87. The monoisotopic (exact) mass is 689 g/mol. The van der Waals surface area contributed by atoms with Crippen LogP contribution in [-0.2, 0) is 6.54 Å². The van der Waals surface area contributed by atoms with E-state index in [4.69, 9.17) is 0 Å². The predicted molar refractivity (Wildman–Crippen MR) is 190 cm³/mol. The molecule has 12 heteroatoms. The Morgan fingerprint density at radius 1 is 0.863 bits per heavy atom. The van der Waals surface area contributed by atoms with Gasteiger partial charge in [0, 0.05) is 57.6 Å². The molecule has 0 unspecified atom stereocenters. The maximum Gasteiger partial charge on any atom is 0.337 e. The van der Waals surface area contributed by atoms with E-state index in [1.54, 1.807) is 6.07 Å². The van der Waals surface area contributed by atoms with Gasteiger partial charge in [-0.25, -0.2) is 28.1 Å². The van der Waals surface area contributed by atoms with Crippen LogP contribution in [0.1, 0.15) is 54.2 Å². The predicted octanol–water partition coefficient (Wildman–Crippen LogP) is 5.55. The van der Waals surface area contributed by atoms with Crippen molar-refractivity contribution >= 4 is 22.5 Å². The van der Waals surface area contributed by atoms with Crippen LogP contribution in [0.25, 0.3) is 33.5 Å². The van der Waals surface area contributed by atoms with E-state index >= 15 is 0 Å². The number of rotatable bonds is 8. The molecule has 1 saturated heterocycles. The Labute approximate surface area is 292 Å². The van der Waals surface area contributed by atoms with Gasteiger partial charge in [0.05, 0.1) is 17.3 Å². The molecule has 51 heavy (non-hydrogen) atoms. The van der Waals surface area contributed by atoms with Crippen LogP contribution in [0, 0.1) is 17.6 Å². The minimum absolute atomic E-state index is 0.0258. The van der Waals surface area contributed by atoms with Crippen LogP contribution in [0.5, 0.6) is 0 Å². The average Bonchev–Trinajstić information content (AvgIpc) is 3.57. The Morgan fingerprint density at radius 2 is 1.65 bits per heavy atom. The highest BCUT2D eigenvalue weighted by Gasteiger charge is 2.29. The van der Waals surface area contributed by atoms with Gasteiger partial charge in [0.25, 0.3) is 5.56 Å². The van der Waals surface area contributed by atoms with Crippen molar-refractivity contribution in [2.24, 2.45) is 5.92 Å². The normalized spacial score (nSPS) is 18.4. The molecule has 1 aliphatic carbocycles. The van der Waals surface area contributed by atoms with Gasteiger partial charge in [0.1, 0.15) is 23.0 Å². The van der Waals surface area contributed by atoms with Crippen LogP contribution in [0.3, 0.4) is 0 Å². The molecule has 260 valence electrons. The molecule has 8 rings (SSSR count). The van der Waals surface area contributed by atoms with Gasteiger partial charge >= 0.3 is 5.69 Å². The van der Waals surface area contributed by atoms with Gasteiger partial charge in [0.15, 0.2) is 11.4 Å². The Bertz CT molecular complexity index is 2370. The van der Waals surface area contributed by atoms with Crippen molar-refractivity contribution in [2.45, 2.75) is 44.7 Å². The molecule has 2 fully saturated rings. The highest BCUT2D eigenvalue weighted by atomic mass is 19.1. The molecule has 0 spiro atoms. The molecule has 1 N–H and O–H groups in total. The number of halogens is 2. The number of Topliss-reactive ketones (excluding diaryl/α,β-unsaturated/α-hetero) is 1. The van der Waals surface area contributed by atoms with Gasteiger partial charge in [-0.15, -0.1) is 0 Å². The topological polar surface area (TPSA) is 107 Å². The van der Waals surface area contributed by atoms with Crippen LogP contribution >= 0.6 is 0 Å². The number of piperazine rings is 1. The summed E-state index contributed by atoms with van der Waals surface area (Å²) in [6.07, 6.45) is 6.32. The molecule has 1 saturated carbocycles.